The van der Waals surface area contributed by atoms with Gasteiger partial charge in [-0.15, -0.1) is 0 Å². The minimum atomic E-state index is 0.557. The molecule has 6 heteroatoms. The van der Waals surface area contributed by atoms with Crippen LogP contribution in [0.1, 0.15) is 0 Å². The Bertz CT molecular complexity index is 3860. The largest absolute Gasteiger partial charge is 0.455 e. The standard InChI is InChI=1S/C55H33N5O/c1-3-15-34(16-4-1)53-56-54(58-55(57-53)45-33-36-17-7-8-20-39(36)49-44-23-11-14-26-48(44)61-52(45)49)35-27-29-38(30-28-35)60-47-25-13-10-22-41(47)43-32-31-42-40-21-9-12-24-46(40)59(50(42)51(43)60)37-18-5-2-6-19-37/h1-33H. The van der Waals surface area contributed by atoms with Gasteiger partial charge in [0.1, 0.15) is 11.2 Å². The average molecular weight is 780 g/mol. The lowest BCUT2D eigenvalue weighted by molar-refractivity contribution is 0.670. The molecule has 4 aromatic heterocycles. The van der Waals surface area contributed by atoms with E-state index in [9.17, 15) is 0 Å². The lowest BCUT2D eigenvalue weighted by atomic mass is 10.00. The molecule has 284 valence electrons. The van der Waals surface area contributed by atoms with Crippen molar-refractivity contribution >= 4 is 76.3 Å². The summed E-state index contributed by atoms with van der Waals surface area (Å²) >= 11 is 0. The summed E-state index contributed by atoms with van der Waals surface area (Å²) in [6.07, 6.45) is 0. The molecular formula is C55H33N5O. The predicted octanol–water partition coefficient (Wildman–Crippen LogP) is 14.1. The number of benzene rings is 9. The van der Waals surface area contributed by atoms with Crippen molar-refractivity contribution in [1.82, 2.24) is 24.1 Å². The lowest BCUT2D eigenvalue weighted by Gasteiger charge is -2.13. The summed E-state index contributed by atoms with van der Waals surface area (Å²) in [4.78, 5) is 15.5. The predicted molar refractivity (Wildman–Crippen MR) is 250 cm³/mol. The van der Waals surface area contributed by atoms with Gasteiger partial charge in [-0.05, 0) is 71.4 Å². The van der Waals surface area contributed by atoms with Crippen LogP contribution in [0.2, 0.25) is 0 Å². The number of nitrogens with zero attached hydrogens (tertiary/aromatic N) is 5. The highest BCUT2D eigenvalue weighted by Crippen LogP contribution is 2.43. The summed E-state index contributed by atoms with van der Waals surface area (Å²) in [7, 11) is 0. The van der Waals surface area contributed by atoms with Crippen LogP contribution in [0, 0.1) is 0 Å². The Labute approximate surface area is 349 Å². The Balaban J connectivity index is 1.04. The number of para-hydroxylation sites is 4. The zero-order chi connectivity index (χ0) is 40.0. The molecule has 13 aromatic rings. The third-order valence-electron chi connectivity index (χ3n) is 12.1. The molecular weight excluding hydrogens is 747 g/mol. The second kappa shape index (κ2) is 13.1. The van der Waals surface area contributed by atoms with E-state index in [-0.39, 0.29) is 0 Å². The Kier molecular flexibility index (Phi) is 7.21. The van der Waals surface area contributed by atoms with E-state index in [1.807, 2.05) is 42.5 Å². The Morgan fingerprint density at radius 1 is 0.361 bits per heavy atom. The molecule has 0 aliphatic carbocycles. The van der Waals surface area contributed by atoms with Crippen molar-refractivity contribution in [1.29, 1.82) is 0 Å². The van der Waals surface area contributed by atoms with Gasteiger partial charge in [-0.1, -0.05) is 140 Å². The molecule has 13 rings (SSSR count). The Morgan fingerprint density at radius 2 is 0.852 bits per heavy atom. The van der Waals surface area contributed by atoms with Crippen LogP contribution in [0.25, 0.3) is 122 Å². The number of furan rings is 1. The fourth-order valence-corrected chi connectivity index (χ4v) is 9.46. The van der Waals surface area contributed by atoms with Crippen LogP contribution < -0.4 is 0 Å². The van der Waals surface area contributed by atoms with Crippen molar-refractivity contribution in [2.45, 2.75) is 0 Å². The van der Waals surface area contributed by atoms with Crippen LogP contribution >= 0.6 is 0 Å². The summed E-state index contributed by atoms with van der Waals surface area (Å²) in [6, 6.07) is 70.2. The van der Waals surface area contributed by atoms with E-state index in [0.717, 1.165) is 71.8 Å². The Morgan fingerprint density at radius 3 is 1.51 bits per heavy atom. The fraction of sp³-hybridized carbons (Fsp3) is 0. The zero-order valence-electron chi connectivity index (χ0n) is 32.7. The van der Waals surface area contributed by atoms with Gasteiger partial charge in [0.15, 0.2) is 17.5 Å². The van der Waals surface area contributed by atoms with Crippen LogP contribution in [-0.2, 0) is 0 Å². The molecule has 0 fully saturated rings. The zero-order valence-corrected chi connectivity index (χ0v) is 32.7. The molecule has 0 unspecified atom stereocenters. The number of fused-ring (bicyclic) bond motifs is 12. The van der Waals surface area contributed by atoms with Gasteiger partial charge in [-0.25, -0.2) is 15.0 Å². The third-order valence-corrected chi connectivity index (χ3v) is 12.1. The minimum absolute atomic E-state index is 0.557. The van der Waals surface area contributed by atoms with Crippen LogP contribution in [0.5, 0.6) is 0 Å². The maximum atomic E-state index is 6.65. The molecule has 0 radical (unpaired) electrons. The molecule has 0 amide bonds. The van der Waals surface area contributed by atoms with Gasteiger partial charge in [-0.3, -0.25) is 0 Å². The van der Waals surface area contributed by atoms with Crippen molar-refractivity contribution in [2.24, 2.45) is 0 Å². The van der Waals surface area contributed by atoms with E-state index in [1.165, 1.54) is 32.6 Å². The van der Waals surface area contributed by atoms with Crippen molar-refractivity contribution in [3.05, 3.63) is 200 Å². The molecule has 4 heterocycles. The second-order valence-electron chi connectivity index (χ2n) is 15.6. The quantitative estimate of drug-likeness (QED) is 0.175. The molecule has 0 bridgehead atoms. The smallest absolute Gasteiger partial charge is 0.167 e. The lowest BCUT2D eigenvalue weighted by Crippen LogP contribution is -2.01. The molecule has 0 spiro atoms. The first-order valence-electron chi connectivity index (χ1n) is 20.5. The molecule has 0 aliphatic rings. The van der Waals surface area contributed by atoms with Crippen molar-refractivity contribution in [3.63, 3.8) is 0 Å². The highest BCUT2D eigenvalue weighted by molar-refractivity contribution is 6.24. The maximum absolute atomic E-state index is 6.65. The fourth-order valence-electron chi connectivity index (χ4n) is 9.46. The van der Waals surface area contributed by atoms with Gasteiger partial charge in [0.2, 0.25) is 0 Å². The molecule has 0 saturated carbocycles. The summed E-state index contributed by atoms with van der Waals surface area (Å²) < 4.78 is 11.5. The molecule has 0 N–H and O–H groups in total. The van der Waals surface area contributed by atoms with Gasteiger partial charge < -0.3 is 13.6 Å². The normalized spacial score (nSPS) is 11.9. The van der Waals surface area contributed by atoms with E-state index in [1.54, 1.807) is 0 Å². The SMILES string of the molecule is c1ccc(-c2nc(-c3ccc(-n4c5ccccc5c5ccc6c7ccccc7n(-c7ccccc7)c6c54)cc3)nc(-c3cc4ccccc4c4c3oc3ccccc34)n2)cc1. The van der Waals surface area contributed by atoms with Gasteiger partial charge >= 0.3 is 0 Å². The highest BCUT2D eigenvalue weighted by Gasteiger charge is 2.23. The first kappa shape index (κ1) is 33.6. The number of hydrogen-bond donors (Lipinski definition) is 0. The first-order chi connectivity index (χ1) is 30.3. The molecule has 0 saturated heterocycles. The number of aromatic nitrogens is 5. The van der Waals surface area contributed by atoms with E-state index in [4.69, 9.17) is 19.4 Å². The van der Waals surface area contributed by atoms with Crippen LogP contribution in [-0.4, -0.2) is 24.1 Å². The van der Waals surface area contributed by atoms with E-state index in [2.05, 4.69) is 167 Å². The van der Waals surface area contributed by atoms with Crippen LogP contribution in [0.3, 0.4) is 0 Å². The van der Waals surface area contributed by atoms with Gasteiger partial charge in [0.05, 0.1) is 27.6 Å². The van der Waals surface area contributed by atoms with Gasteiger partial charge in [0, 0.05) is 54.8 Å². The van der Waals surface area contributed by atoms with E-state index >= 15 is 0 Å². The Hall–Kier alpha value is -8.35. The third kappa shape index (κ3) is 5.06. The number of hydrogen-bond acceptors (Lipinski definition) is 4. The molecule has 9 aromatic carbocycles. The minimum Gasteiger partial charge on any atom is -0.455 e. The molecule has 0 atom stereocenters. The monoisotopic (exact) mass is 779 g/mol. The molecule has 0 aliphatic heterocycles. The van der Waals surface area contributed by atoms with Crippen molar-refractivity contribution in [2.75, 3.05) is 0 Å². The van der Waals surface area contributed by atoms with E-state index in [0.29, 0.717) is 17.5 Å². The van der Waals surface area contributed by atoms with E-state index < -0.39 is 0 Å². The summed E-state index contributed by atoms with van der Waals surface area (Å²) in [5.41, 5.74) is 11.0. The summed E-state index contributed by atoms with van der Waals surface area (Å²) in [5.74, 6) is 1.74. The van der Waals surface area contributed by atoms with Crippen LogP contribution in [0.15, 0.2) is 205 Å². The van der Waals surface area contributed by atoms with Crippen LogP contribution in [0.4, 0.5) is 0 Å². The first-order valence-corrected chi connectivity index (χ1v) is 20.5. The van der Waals surface area contributed by atoms with Gasteiger partial charge in [-0.2, -0.15) is 0 Å². The van der Waals surface area contributed by atoms with Crippen molar-refractivity contribution in [3.8, 4) is 45.5 Å². The number of rotatable bonds is 5. The highest BCUT2D eigenvalue weighted by atomic mass is 16.3. The second-order valence-corrected chi connectivity index (χ2v) is 15.6. The molecule has 61 heavy (non-hydrogen) atoms. The maximum Gasteiger partial charge on any atom is 0.167 e. The van der Waals surface area contributed by atoms with Gasteiger partial charge in [0.25, 0.3) is 0 Å². The summed E-state index contributed by atoms with van der Waals surface area (Å²) in [6.45, 7) is 0. The topological polar surface area (TPSA) is 61.7 Å². The summed E-state index contributed by atoms with van der Waals surface area (Å²) in [5, 5.41) is 9.19. The van der Waals surface area contributed by atoms with Crippen molar-refractivity contribution < 1.29 is 4.42 Å². The molecule has 6 nitrogen and oxygen atoms in total. The average Bonchev–Trinajstić information content (AvgIpc) is 4.00.